The van der Waals surface area contributed by atoms with Crippen LogP contribution in [-0.4, -0.2) is 66.3 Å². The number of sulfonamides is 1. The Morgan fingerprint density at radius 3 is 2.30 bits per heavy atom. The van der Waals surface area contributed by atoms with Crippen molar-refractivity contribution in [3.05, 3.63) is 65.2 Å². The summed E-state index contributed by atoms with van der Waals surface area (Å²) in [7, 11) is -4.32. The first kappa shape index (κ1) is 33.5. The summed E-state index contributed by atoms with van der Waals surface area (Å²) in [6.45, 7) is 7.43. The molecule has 2 heterocycles. The van der Waals surface area contributed by atoms with Crippen molar-refractivity contribution in [2.24, 2.45) is 5.92 Å². The molecule has 46 heavy (non-hydrogen) atoms. The van der Waals surface area contributed by atoms with Crippen LogP contribution in [0.2, 0.25) is 0 Å². The molecule has 1 aliphatic carbocycles. The van der Waals surface area contributed by atoms with E-state index < -0.39 is 46.4 Å². The lowest BCUT2D eigenvalue weighted by molar-refractivity contribution is -0.408. The zero-order valence-corrected chi connectivity index (χ0v) is 26.3. The minimum Gasteiger partial charge on any atom is -0.475 e. The third kappa shape index (κ3) is 6.94. The maximum absolute atomic E-state index is 14.1. The van der Waals surface area contributed by atoms with Crippen molar-refractivity contribution in [2.75, 3.05) is 11.3 Å². The van der Waals surface area contributed by atoms with Gasteiger partial charge in [-0.3, -0.25) is 4.79 Å². The topological polar surface area (TPSA) is 111 Å². The third-order valence-electron chi connectivity index (χ3n) is 7.96. The number of amides is 1. The van der Waals surface area contributed by atoms with E-state index in [0.29, 0.717) is 12.1 Å². The summed E-state index contributed by atoms with van der Waals surface area (Å²) in [5.41, 5.74) is 2.85. The summed E-state index contributed by atoms with van der Waals surface area (Å²) in [6, 6.07) is 10.9. The lowest BCUT2D eigenvalue weighted by Gasteiger charge is -2.47. The summed E-state index contributed by atoms with van der Waals surface area (Å²) in [5.74, 6) is -0.878. The minimum atomic E-state index is -5.89. The number of carbonyl (C=O) groups excluding carboxylic acids is 1. The molecule has 2 aromatic carbocycles. The highest BCUT2D eigenvalue weighted by Gasteiger charge is 2.61. The Balaban J connectivity index is 1.57. The van der Waals surface area contributed by atoms with E-state index in [1.54, 1.807) is 6.07 Å². The van der Waals surface area contributed by atoms with E-state index in [9.17, 15) is 35.2 Å². The molecule has 0 spiro atoms. The molecule has 1 fully saturated rings. The molecule has 15 heteroatoms. The average Bonchev–Trinajstić information content (AvgIpc) is 2.93. The number of alkyl halides is 5. The van der Waals surface area contributed by atoms with Crippen LogP contribution in [0.5, 0.6) is 5.88 Å². The van der Waals surface area contributed by atoms with Gasteiger partial charge in [0.2, 0.25) is 11.8 Å². The smallest absolute Gasteiger partial charge is 0.475 e. The second-order valence-electron chi connectivity index (χ2n) is 12.0. The van der Waals surface area contributed by atoms with Gasteiger partial charge in [0.25, 0.3) is 15.9 Å². The number of aryl methyl sites for hydroxylation is 2. The summed E-state index contributed by atoms with van der Waals surface area (Å²) in [6.07, 6.45) is -12.9. The van der Waals surface area contributed by atoms with Crippen LogP contribution in [0.15, 0.2) is 53.4 Å². The maximum atomic E-state index is 14.1. The van der Waals surface area contributed by atoms with Crippen molar-refractivity contribution in [1.82, 2.24) is 14.9 Å². The van der Waals surface area contributed by atoms with Crippen molar-refractivity contribution in [3.8, 4) is 17.1 Å². The number of hydrogen-bond acceptors (Lipinski definition) is 7. The van der Waals surface area contributed by atoms with Crippen LogP contribution < -0.4 is 9.46 Å². The van der Waals surface area contributed by atoms with E-state index in [1.807, 2.05) is 45.9 Å². The predicted octanol–water partition coefficient (Wildman–Crippen LogP) is 6.51. The third-order valence-corrected chi connectivity index (χ3v) is 9.29. The molecule has 0 unspecified atom stereocenters. The normalized spacial score (nSPS) is 21.7. The fourth-order valence-electron chi connectivity index (χ4n) is 5.77. The largest absolute Gasteiger partial charge is 0.482 e. The SMILES string of the molecule is Cc1cccc(C)c1-c1cc2nc(n1)NS(=O)(=O)c1cccc(c1)C(=O)N(C1CC(OC(F)(F)C(F)(F)F)C1)[C@H](CC(C)C)CO2. The van der Waals surface area contributed by atoms with Gasteiger partial charge in [-0.2, -0.15) is 26.9 Å². The summed E-state index contributed by atoms with van der Waals surface area (Å²) >= 11 is 0. The van der Waals surface area contributed by atoms with Gasteiger partial charge in [0.15, 0.2) is 0 Å². The van der Waals surface area contributed by atoms with Gasteiger partial charge in [-0.1, -0.05) is 38.1 Å². The van der Waals surface area contributed by atoms with Gasteiger partial charge in [0.05, 0.1) is 22.7 Å². The standard InChI is InChI=1S/C31H33F5N4O5S/c1-17(2)11-22-16-44-26-15-25(27-18(3)7-5-8-19(27)4)37-29(38-26)39-46(42,43)24-10-6-9-20(12-24)28(41)40(22)21-13-23(14-21)45-31(35,36)30(32,33)34/h5-10,12,15,17,21-23H,11,13-14,16H2,1-4H3,(H,37,38,39)/t21?,22-,23?/m1/s1. The number of halogens is 5. The molecule has 0 saturated heterocycles. The lowest BCUT2D eigenvalue weighted by atomic mass is 9.85. The van der Waals surface area contributed by atoms with Crippen LogP contribution >= 0.6 is 0 Å². The molecule has 9 nitrogen and oxygen atoms in total. The Bertz CT molecular complexity index is 1710. The van der Waals surface area contributed by atoms with Crippen molar-refractivity contribution in [3.63, 3.8) is 0 Å². The molecule has 0 radical (unpaired) electrons. The van der Waals surface area contributed by atoms with Crippen LogP contribution in [0.4, 0.5) is 27.9 Å². The second-order valence-corrected chi connectivity index (χ2v) is 13.7. The number of carbonyl (C=O) groups is 1. The molecule has 248 valence electrons. The van der Waals surface area contributed by atoms with E-state index in [0.717, 1.165) is 16.7 Å². The number of nitrogens with one attached hydrogen (secondary N) is 1. The van der Waals surface area contributed by atoms with Gasteiger partial charge in [0, 0.05) is 23.2 Å². The lowest BCUT2D eigenvalue weighted by Crippen LogP contribution is -2.58. The highest BCUT2D eigenvalue weighted by Crippen LogP contribution is 2.42. The van der Waals surface area contributed by atoms with Crippen LogP contribution in [0.1, 0.15) is 54.6 Å². The molecule has 1 aliphatic heterocycles. The Hall–Kier alpha value is -3.85. The molecule has 3 aromatic rings. The van der Waals surface area contributed by atoms with Crippen molar-refractivity contribution >= 4 is 21.9 Å². The van der Waals surface area contributed by atoms with Crippen molar-refractivity contribution < 1.29 is 44.6 Å². The average molecular weight is 669 g/mol. The molecular weight excluding hydrogens is 635 g/mol. The number of fused-ring (bicyclic) bond motifs is 4. The Labute approximate surface area is 263 Å². The first-order chi connectivity index (χ1) is 21.4. The molecule has 2 aliphatic rings. The highest BCUT2D eigenvalue weighted by atomic mass is 32.2. The summed E-state index contributed by atoms with van der Waals surface area (Å²) in [4.78, 5) is 23.9. The molecule has 1 saturated carbocycles. The number of rotatable bonds is 6. The number of ether oxygens (including phenoxy) is 2. The number of anilines is 1. The summed E-state index contributed by atoms with van der Waals surface area (Å²) < 4.78 is 105. The van der Waals surface area contributed by atoms with Crippen molar-refractivity contribution in [2.45, 2.75) is 82.3 Å². The molecule has 1 aromatic heterocycles. The minimum absolute atomic E-state index is 0.000729. The Kier molecular flexibility index (Phi) is 9.03. The van der Waals surface area contributed by atoms with Gasteiger partial charge < -0.3 is 14.4 Å². The number of nitrogens with zero attached hydrogens (tertiary/aromatic N) is 3. The molecule has 4 bridgehead atoms. The predicted molar refractivity (Wildman–Crippen MR) is 158 cm³/mol. The Morgan fingerprint density at radius 2 is 1.67 bits per heavy atom. The van der Waals surface area contributed by atoms with E-state index in [4.69, 9.17) is 4.74 Å². The second kappa shape index (κ2) is 12.4. The number of benzene rings is 2. The van der Waals surface area contributed by atoms with Crippen LogP contribution in [0, 0.1) is 19.8 Å². The van der Waals surface area contributed by atoms with E-state index in [-0.39, 0.29) is 47.7 Å². The fraction of sp³-hybridized carbons (Fsp3) is 0.452. The van der Waals surface area contributed by atoms with E-state index in [1.165, 1.54) is 29.2 Å². The summed E-state index contributed by atoms with van der Waals surface area (Å²) in [5, 5.41) is 0. The van der Waals surface area contributed by atoms with Gasteiger partial charge in [-0.15, -0.1) is 0 Å². The molecular formula is C31H33F5N4O5S. The molecule has 1 atom stereocenters. The molecule has 1 N–H and O–H groups in total. The van der Waals surface area contributed by atoms with Gasteiger partial charge >= 0.3 is 12.3 Å². The molecule has 5 rings (SSSR count). The number of aromatic nitrogens is 2. The maximum Gasteiger partial charge on any atom is 0.482 e. The van der Waals surface area contributed by atoms with Gasteiger partial charge in [0.1, 0.15) is 6.61 Å². The highest BCUT2D eigenvalue weighted by molar-refractivity contribution is 7.92. The van der Waals surface area contributed by atoms with Crippen molar-refractivity contribution in [1.29, 1.82) is 0 Å². The Morgan fingerprint density at radius 1 is 1.02 bits per heavy atom. The number of hydrogen-bond donors (Lipinski definition) is 1. The monoisotopic (exact) mass is 668 g/mol. The zero-order valence-electron chi connectivity index (χ0n) is 25.4. The van der Waals surface area contributed by atoms with Gasteiger partial charge in [-0.05, 0) is 68.4 Å². The van der Waals surface area contributed by atoms with Crippen LogP contribution in [-0.2, 0) is 14.8 Å². The first-order valence-corrected chi connectivity index (χ1v) is 16.1. The molecule has 1 amide bonds. The fourth-order valence-corrected chi connectivity index (χ4v) is 6.76. The van der Waals surface area contributed by atoms with Crippen LogP contribution in [0.25, 0.3) is 11.3 Å². The quantitative estimate of drug-likeness (QED) is 0.298. The van der Waals surface area contributed by atoms with Gasteiger partial charge in [-0.25, -0.2) is 18.1 Å². The van der Waals surface area contributed by atoms with E-state index in [2.05, 4.69) is 19.4 Å². The van der Waals surface area contributed by atoms with Crippen LogP contribution in [0.3, 0.4) is 0 Å². The van der Waals surface area contributed by atoms with E-state index >= 15 is 0 Å². The zero-order chi connectivity index (χ0) is 33.6. The first-order valence-electron chi connectivity index (χ1n) is 14.6.